The van der Waals surface area contributed by atoms with Crippen LogP contribution < -0.4 is 15.2 Å². The average Bonchev–Trinajstić information content (AvgIpc) is 2.32. The zero-order chi connectivity index (χ0) is 14.3. The Hall–Kier alpha value is -1.36. The lowest BCUT2D eigenvalue weighted by Crippen LogP contribution is -2.43. The molecule has 3 nitrogen and oxygen atoms in total. The van der Waals surface area contributed by atoms with Crippen molar-refractivity contribution in [1.82, 2.24) is 0 Å². The van der Waals surface area contributed by atoms with Crippen LogP contribution in [0.2, 0.25) is 0 Å². The van der Waals surface area contributed by atoms with Crippen LogP contribution in [0.5, 0.6) is 11.5 Å². The van der Waals surface area contributed by atoms with Crippen molar-refractivity contribution in [3.63, 3.8) is 0 Å². The van der Waals surface area contributed by atoms with E-state index in [4.69, 9.17) is 15.2 Å². The van der Waals surface area contributed by atoms with Crippen molar-refractivity contribution in [3.8, 4) is 11.5 Å². The molecule has 1 saturated carbocycles. The van der Waals surface area contributed by atoms with E-state index in [1.807, 2.05) is 0 Å². The van der Waals surface area contributed by atoms with E-state index in [2.05, 4.69) is 0 Å². The molecule has 0 atom stereocenters. The van der Waals surface area contributed by atoms with Crippen LogP contribution in [0.15, 0.2) is 12.1 Å². The monoisotopic (exact) mass is 271 g/mol. The summed E-state index contributed by atoms with van der Waals surface area (Å²) in [5.74, 6) is -2.18. The Kier molecular flexibility index (Phi) is 3.43. The molecule has 0 saturated heterocycles. The number of hydrogen-bond donors (Lipinski definition) is 1. The van der Waals surface area contributed by atoms with Crippen molar-refractivity contribution in [3.05, 3.63) is 23.3 Å². The van der Waals surface area contributed by atoms with E-state index >= 15 is 0 Å². The predicted octanol–water partition coefficient (Wildman–Crippen LogP) is 3.15. The molecule has 1 aromatic carbocycles. The lowest BCUT2D eigenvalue weighted by molar-refractivity contribution is 0.0169. The summed E-state index contributed by atoms with van der Waals surface area (Å²) in [6.07, 6.45) is 2.53. The third-order valence-electron chi connectivity index (χ3n) is 3.77. The normalized spacial score (nSPS) is 17.8. The molecule has 106 valence electrons. The number of ether oxygens (including phenoxy) is 2. The maximum absolute atomic E-state index is 13.6. The van der Waals surface area contributed by atoms with E-state index < -0.39 is 11.5 Å². The van der Waals surface area contributed by atoms with Gasteiger partial charge in [-0.2, -0.15) is 0 Å². The van der Waals surface area contributed by atoms with Gasteiger partial charge in [0, 0.05) is 23.6 Å². The molecule has 19 heavy (non-hydrogen) atoms. The zero-order valence-corrected chi connectivity index (χ0v) is 11.4. The van der Waals surface area contributed by atoms with E-state index in [1.54, 1.807) is 0 Å². The van der Waals surface area contributed by atoms with Crippen molar-refractivity contribution in [2.75, 3.05) is 14.2 Å². The molecule has 1 aliphatic rings. The number of nitrogens with two attached hydrogens (primary N) is 1. The first-order valence-corrected chi connectivity index (χ1v) is 6.25. The molecule has 0 bridgehead atoms. The molecule has 0 radical (unpaired) electrons. The number of hydrogen-bond acceptors (Lipinski definition) is 3. The minimum absolute atomic E-state index is 0.100. The van der Waals surface area contributed by atoms with Crippen LogP contribution in [0.4, 0.5) is 8.78 Å². The topological polar surface area (TPSA) is 44.5 Å². The minimum Gasteiger partial charge on any atom is -0.493 e. The van der Waals surface area contributed by atoms with Gasteiger partial charge in [-0.25, -0.2) is 8.78 Å². The number of rotatable bonds is 4. The van der Waals surface area contributed by atoms with Gasteiger partial charge in [-0.3, -0.25) is 0 Å². The molecule has 5 heteroatoms. The van der Waals surface area contributed by atoms with Crippen molar-refractivity contribution < 1.29 is 18.3 Å². The van der Waals surface area contributed by atoms with Crippen LogP contribution in [-0.2, 0) is 11.5 Å². The van der Waals surface area contributed by atoms with Gasteiger partial charge in [-0.1, -0.05) is 0 Å². The van der Waals surface area contributed by atoms with Gasteiger partial charge < -0.3 is 15.2 Å². The minimum atomic E-state index is -2.94. The molecule has 0 heterocycles. The van der Waals surface area contributed by atoms with E-state index in [9.17, 15) is 8.78 Å². The van der Waals surface area contributed by atoms with Gasteiger partial charge in [0.15, 0.2) is 11.5 Å². The Labute approximate surface area is 111 Å². The second-order valence-corrected chi connectivity index (χ2v) is 5.16. The smallest absolute Gasteiger partial charge is 0.270 e. The average molecular weight is 271 g/mol. The van der Waals surface area contributed by atoms with Crippen molar-refractivity contribution in [1.29, 1.82) is 0 Å². The summed E-state index contributed by atoms with van der Waals surface area (Å²) in [4.78, 5) is 0. The Morgan fingerprint density at radius 3 is 2.21 bits per heavy atom. The third-order valence-corrected chi connectivity index (χ3v) is 3.77. The third kappa shape index (κ3) is 2.39. The van der Waals surface area contributed by atoms with Crippen LogP contribution in [0.1, 0.15) is 37.3 Å². The summed E-state index contributed by atoms with van der Waals surface area (Å²) < 4.78 is 37.6. The van der Waals surface area contributed by atoms with Gasteiger partial charge in [0.05, 0.1) is 14.2 Å². The standard InChI is InChI=1S/C14H19F2NO2/c1-13(15,16)9-7-10(14(17)5-4-6-14)12(19-3)11(8-9)18-2/h7-8H,4-6,17H2,1-3H3. The van der Waals surface area contributed by atoms with Gasteiger partial charge in [0.1, 0.15) is 0 Å². The summed E-state index contributed by atoms with van der Waals surface area (Å²) in [6, 6.07) is 2.75. The molecule has 2 N–H and O–H groups in total. The Bertz CT molecular complexity index is 479. The first kappa shape index (κ1) is 14.1. The van der Waals surface area contributed by atoms with Gasteiger partial charge in [-0.15, -0.1) is 0 Å². The van der Waals surface area contributed by atoms with E-state index in [0.717, 1.165) is 26.2 Å². The quantitative estimate of drug-likeness (QED) is 0.915. The first-order valence-electron chi connectivity index (χ1n) is 6.25. The molecule has 0 spiro atoms. The molecule has 0 aromatic heterocycles. The second kappa shape index (κ2) is 4.63. The molecule has 1 aromatic rings. The first-order chi connectivity index (χ1) is 8.81. The van der Waals surface area contributed by atoms with Crippen molar-refractivity contribution in [2.45, 2.75) is 37.6 Å². The van der Waals surface area contributed by atoms with E-state index in [0.29, 0.717) is 17.1 Å². The SMILES string of the molecule is COc1cc(C(C)(F)F)cc(C2(N)CCC2)c1OC. The fraction of sp³-hybridized carbons (Fsp3) is 0.571. The number of alkyl halides is 2. The number of halogens is 2. The van der Waals surface area contributed by atoms with Gasteiger partial charge in [0.25, 0.3) is 5.92 Å². The molecular weight excluding hydrogens is 252 g/mol. The van der Waals surface area contributed by atoms with Crippen LogP contribution in [0.25, 0.3) is 0 Å². The fourth-order valence-corrected chi connectivity index (χ4v) is 2.41. The highest BCUT2D eigenvalue weighted by Gasteiger charge is 2.39. The molecular formula is C14H19F2NO2. The lowest BCUT2D eigenvalue weighted by Gasteiger charge is -2.40. The summed E-state index contributed by atoms with van der Waals surface area (Å²) in [5, 5.41) is 0. The van der Waals surface area contributed by atoms with E-state index in [1.165, 1.54) is 26.4 Å². The van der Waals surface area contributed by atoms with Crippen LogP contribution in [0, 0.1) is 0 Å². The summed E-state index contributed by atoms with van der Waals surface area (Å²) in [7, 11) is 2.93. The largest absolute Gasteiger partial charge is 0.493 e. The molecule has 0 amide bonds. The summed E-state index contributed by atoms with van der Waals surface area (Å²) in [5.41, 5.74) is 6.18. The predicted molar refractivity (Wildman–Crippen MR) is 68.8 cm³/mol. The molecule has 0 unspecified atom stereocenters. The van der Waals surface area contributed by atoms with Crippen molar-refractivity contribution in [2.24, 2.45) is 5.73 Å². The fourth-order valence-electron chi connectivity index (χ4n) is 2.41. The van der Waals surface area contributed by atoms with Gasteiger partial charge in [-0.05, 0) is 31.4 Å². The van der Waals surface area contributed by atoms with E-state index in [-0.39, 0.29) is 5.56 Å². The Morgan fingerprint density at radius 1 is 1.21 bits per heavy atom. The van der Waals surface area contributed by atoms with Crippen molar-refractivity contribution >= 4 is 0 Å². The highest BCUT2D eigenvalue weighted by Crippen LogP contribution is 2.48. The van der Waals surface area contributed by atoms with Gasteiger partial charge >= 0.3 is 0 Å². The molecule has 1 aliphatic carbocycles. The molecule has 0 aliphatic heterocycles. The zero-order valence-electron chi connectivity index (χ0n) is 11.4. The Morgan fingerprint density at radius 2 is 1.84 bits per heavy atom. The molecule has 2 rings (SSSR count). The van der Waals surface area contributed by atoms with Gasteiger partial charge in [0.2, 0.25) is 0 Å². The summed E-state index contributed by atoms with van der Waals surface area (Å²) >= 11 is 0. The van der Waals surface area contributed by atoms with Crippen LogP contribution in [0.3, 0.4) is 0 Å². The maximum atomic E-state index is 13.6. The lowest BCUT2D eigenvalue weighted by atomic mass is 9.72. The van der Waals surface area contributed by atoms with Crippen LogP contribution in [-0.4, -0.2) is 14.2 Å². The number of benzene rings is 1. The Balaban J connectivity index is 2.61. The highest BCUT2D eigenvalue weighted by molar-refractivity contribution is 5.53. The maximum Gasteiger partial charge on any atom is 0.270 e. The second-order valence-electron chi connectivity index (χ2n) is 5.16. The summed E-state index contributed by atoms with van der Waals surface area (Å²) in [6.45, 7) is 0.863. The number of methoxy groups -OCH3 is 2. The highest BCUT2D eigenvalue weighted by atomic mass is 19.3. The van der Waals surface area contributed by atoms with Crippen LogP contribution >= 0.6 is 0 Å². The molecule has 1 fully saturated rings.